The van der Waals surface area contributed by atoms with Crippen LogP contribution in [-0.2, 0) is 0 Å². The average molecular weight is 282 g/mol. The van der Waals surface area contributed by atoms with Gasteiger partial charge in [0.05, 0.1) is 6.20 Å². The number of nitrogen functional groups attached to an aromatic ring is 1. The molecule has 1 atom stereocenters. The fraction of sp³-hybridized carbons (Fsp3) is 0.333. The van der Waals surface area contributed by atoms with Crippen LogP contribution in [0.5, 0.6) is 0 Å². The van der Waals surface area contributed by atoms with Crippen molar-refractivity contribution in [1.29, 1.82) is 0 Å². The molecule has 0 unspecified atom stereocenters. The molecule has 2 aromatic rings. The molecule has 6 heteroatoms. The van der Waals surface area contributed by atoms with E-state index in [1.54, 1.807) is 4.52 Å². The normalized spacial score (nSPS) is 21.5. The second-order valence-corrected chi connectivity index (χ2v) is 5.63. The standard InChI is InChI=1S/C15H18N6/c16-11-5-6-20(9-11)14-7-13(17)21-15(19-14)12(8-18-21)10-3-1-2-4-10/h1,3-4,7-8,11H,2,5-6,9,16-17H2/t11-/m0/s1. The minimum Gasteiger partial charge on any atom is -0.383 e. The van der Waals surface area contributed by atoms with Gasteiger partial charge in [-0.05, 0) is 18.4 Å². The van der Waals surface area contributed by atoms with Crippen molar-refractivity contribution in [3.8, 4) is 0 Å². The smallest absolute Gasteiger partial charge is 0.167 e. The van der Waals surface area contributed by atoms with Crippen LogP contribution in [-0.4, -0.2) is 33.7 Å². The van der Waals surface area contributed by atoms with Crippen molar-refractivity contribution in [2.24, 2.45) is 5.73 Å². The molecular formula is C15H18N6. The Bertz CT molecular complexity index is 757. The second-order valence-electron chi connectivity index (χ2n) is 5.63. The molecule has 6 nitrogen and oxygen atoms in total. The first-order valence-corrected chi connectivity index (χ1v) is 7.24. The van der Waals surface area contributed by atoms with Crippen LogP contribution >= 0.6 is 0 Å². The van der Waals surface area contributed by atoms with Gasteiger partial charge in [-0.25, -0.2) is 4.98 Å². The predicted molar refractivity (Wildman–Crippen MR) is 83.9 cm³/mol. The van der Waals surface area contributed by atoms with Gasteiger partial charge in [0.25, 0.3) is 0 Å². The lowest BCUT2D eigenvalue weighted by atomic mass is 10.1. The molecule has 0 saturated carbocycles. The molecule has 0 spiro atoms. The third kappa shape index (κ3) is 1.99. The molecule has 1 aliphatic carbocycles. The monoisotopic (exact) mass is 282 g/mol. The second kappa shape index (κ2) is 4.60. The van der Waals surface area contributed by atoms with Crippen molar-refractivity contribution in [3.63, 3.8) is 0 Å². The summed E-state index contributed by atoms with van der Waals surface area (Å²) in [6.07, 6.45) is 10.2. The number of hydrogen-bond acceptors (Lipinski definition) is 5. The van der Waals surface area contributed by atoms with E-state index in [1.165, 1.54) is 0 Å². The minimum absolute atomic E-state index is 0.217. The molecule has 0 aromatic carbocycles. The van der Waals surface area contributed by atoms with Gasteiger partial charge in [-0.15, -0.1) is 0 Å². The Morgan fingerprint density at radius 3 is 2.95 bits per heavy atom. The van der Waals surface area contributed by atoms with Crippen LogP contribution in [0.4, 0.5) is 11.6 Å². The van der Waals surface area contributed by atoms with Crippen LogP contribution < -0.4 is 16.4 Å². The first kappa shape index (κ1) is 12.4. The SMILES string of the molecule is Nc1cc(N2CC[C@H](N)C2)nc2c(C3=CCC=C3)cnn12. The zero-order chi connectivity index (χ0) is 14.4. The number of nitrogens with zero attached hydrogens (tertiary/aromatic N) is 4. The van der Waals surface area contributed by atoms with Crippen LogP contribution in [0.1, 0.15) is 18.4 Å². The summed E-state index contributed by atoms with van der Waals surface area (Å²) in [5, 5.41) is 4.36. The highest BCUT2D eigenvalue weighted by molar-refractivity contribution is 5.84. The average Bonchev–Trinajstić information content (AvgIpc) is 3.16. The van der Waals surface area contributed by atoms with Crippen LogP contribution in [0, 0.1) is 0 Å². The Morgan fingerprint density at radius 1 is 1.33 bits per heavy atom. The van der Waals surface area contributed by atoms with E-state index in [9.17, 15) is 0 Å². The van der Waals surface area contributed by atoms with Gasteiger partial charge in [-0.2, -0.15) is 9.61 Å². The van der Waals surface area contributed by atoms with E-state index in [-0.39, 0.29) is 6.04 Å². The number of anilines is 2. The Hall–Kier alpha value is -2.34. The first-order chi connectivity index (χ1) is 10.2. The maximum atomic E-state index is 6.14. The van der Waals surface area contributed by atoms with E-state index in [1.807, 2.05) is 12.3 Å². The number of rotatable bonds is 2. The van der Waals surface area contributed by atoms with Gasteiger partial charge in [-0.1, -0.05) is 18.2 Å². The Morgan fingerprint density at radius 2 is 2.24 bits per heavy atom. The summed E-state index contributed by atoms with van der Waals surface area (Å²) >= 11 is 0. The van der Waals surface area contributed by atoms with Gasteiger partial charge >= 0.3 is 0 Å². The molecule has 4 rings (SSSR count). The third-order valence-corrected chi connectivity index (χ3v) is 4.12. The summed E-state index contributed by atoms with van der Waals surface area (Å²) in [7, 11) is 0. The largest absolute Gasteiger partial charge is 0.383 e. The zero-order valence-corrected chi connectivity index (χ0v) is 11.7. The van der Waals surface area contributed by atoms with Crippen molar-refractivity contribution >= 4 is 22.9 Å². The topological polar surface area (TPSA) is 85.5 Å². The summed E-state index contributed by atoms with van der Waals surface area (Å²) in [5.41, 5.74) is 15.1. The van der Waals surface area contributed by atoms with Crippen molar-refractivity contribution in [2.75, 3.05) is 23.7 Å². The van der Waals surface area contributed by atoms with Gasteiger partial charge in [0.15, 0.2) is 5.65 Å². The van der Waals surface area contributed by atoms with E-state index < -0.39 is 0 Å². The fourth-order valence-corrected chi connectivity index (χ4v) is 2.99. The molecule has 108 valence electrons. The molecule has 0 bridgehead atoms. The van der Waals surface area contributed by atoms with E-state index >= 15 is 0 Å². The van der Waals surface area contributed by atoms with E-state index in [2.05, 4.69) is 28.2 Å². The molecule has 3 heterocycles. The third-order valence-electron chi connectivity index (χ3n) is 4.12. The minimum atomic E-state index is 0.217. The van der Waals surface area contributed by atoms with Gasteiger partial charge in [0, 0.05) is 30.8 Å². The lowest BCUT2D eigenvalue weighted by Gasteiger charge is -2.17. The van der Waals surface area contributed by atoms with Crippen LogP contribution in [0.2, 0.25) is 0 Å². The molecule has 4 N–H and O–H groups in total. The number of aromatic nitrogens is 3. The number of allylic oxidation sites excluding steroid dienone is 4. The Balaban J connectivity index is 1.83. The fourth-order valence-electron chi connectivity index (χ4n) is 2.99. The summed E-state index contributed by atoms with van der Waals surface area (Å²) in [4.78, 5) is 6.96. The van der Waals surface area contributed by atoms with E-state index in [0.29, 0.717) is 5.82 Å². The number of hydrogen-bond donors (Lipinski definition) is 2. The number of nitrogens with two attached hydrogens (primary N) is 2. The Labute approximate surface area is 122 Å². The van der Waals surface area contributed by atoms with Crippen molar-refractivity contribution in [3.05, 3.63) is 36.1 Å². The number of fused-ring (bicyclic) bond motifs is 1. The van der Waals surface area contributed by atoms with Gasteiger partial charge in [0.1, 0.15) is 11.6 Å². The summed E-state index contributed by atoms with van der Waals surface area (Å²) in [5.74, 6) is 1.49. The predicted octanol–water partition coefficient (Wildman–Crippen LogP) is 1.19. The Kier molecular flexibility index (Phi) is 2.71. The highest BCUT2D eigenvalue weighted by Gasteiger charge is 2.22. The molecule has 1 saturated heterocycles. The molecular weight excluding hydrogens is 264 g/mol. The van der Waals surface area contributed by atoms with Gasteiger partial charge < -0.3 is 16.4 Å². The van der Waals surface area contributed by atoms with E-state index in [0.717, 1.165) is 48.5 Å². The van der Waals surface area contributed by atoms with Gasteiger partial charge in [0.2, 0.25) is 0 Å². The highest BCUT2D eigenvalue weighted by atomic mass is 15.3. The molecule has 1 aliphatic heterocycles. The zero-order valence-electron chi connectivity index (χ0n) is 11.7. The summed E-state index contributed by atoms with van der Waals surface area (Å²) in [6, 6.07) is 2.09. The molecule has 2 aliphatic rings. The highest BCUT2D eigenvalue weighted by Crippen LogP contribution is 2.28. The maximum Gasteiger partial charge on any atom is 0.167 e. The van der Waals surface area contributed by atoms with Gasteiger partial charge in [-0.3, -0.25) is 0 Å². The summed E-state index contributed by atoms with van der Waals surface area (Å²) < 4.78 is 1.70. The molecule has 1 fully saturated rings. The van der Waals surface area contributed by atoms with Crippen molar-refractivity contribution in [1.82, 2.24) is 14.6 Å². The summed E-state index contributed by atoms with van der Waals surface area (Å²) in [6.45, 7) is 1.75. The van der Waals surface area contributed by atoms with E-state index in [4.69, 9.17) is 16.5 Å². The lowest BCUT2D eigenvalue weighted by Crippen LogP contribution is -2.27. The van der Waals surface area contributed by atoms with Crippen molar-refractivity contribution < 1.29 is 0 Å². The lowest BCUT2D eigenvalue weighted by molar-refractivity contribution is 0.751. The van der Waals surface area contributed by atoms with Crippen LogP contribution in [0.3, 0.4) is 0 Å². The maximum absolute atomic E-state index is 6.14. The van der Waals surface area contributed by atoms with Crippen LogP contribution in [0.25, 0.3) is 11.2 Å². The molecule has 0 amide bonds. The molecule has 0 radical (unpaired) electrons. The molecule has 21 heavy (non-hydrogen) atoms. The first-order valence-electron chi connectivity index (χ1n) is 7.24. The van der Waals surface area contributed by atoms with Crippen molar-refractivity contribution in [2.45, 2.75) is 18.9 Å². The van der Waals surface area contributed by atoms with Crippen LogP contribution in [0.15, 0.2) is 30.5 Å². The molecule has 2 aromatic heterocycles. The quantitative estimate of drug-likeness (QED) is 0.864.